The highest BCUT2D eigenvalue weighted by molar-refractivity contribution is 6.03. The number of quaternary nitrogens is 1. The van der Waals surface area contributed by atoms with Gasteiger partial charge in [-0.05, 0) is 38.5 Å². The van der Waals surface area contributed by atoms with Gasteiger partial charge in [-0.15, -0.1) is 0 Å². The number of ether oxygens (including phenoxy) is 1. The Labute approximate surface area is 165 Å². The van der Waals surface area contributed by atoms with Crippen LogP contribution in [0.4, 0.5) is 0 Å². The summed E-state index contributed by atoms with van der Waals surface area (Å²) in [5, 5.41) is 6.36. The molecule has 0 bridgehead atoms. The summed E-state index contributed by atoms with van der Waals surface area (Å²) in [4.78, 5) is 14.4. The number of carbonyl (C=O) groups is 1. The van der Waals surface area contributed by atoms with E-state index in [-0.39, 0.29) is 24.2 Å². The van der Waals surface area contributed by atoms with E-state index in [2.05, 4.69) is 45.0 Å². The summed E-state index contributed by atoms with van der Waals surface area (Å²) >= 11 is 0. The van der Waals surface area contributed by atoms with Crippen LogP contribution in [0.3, 0.4) is 0 Å². The van der Waals surface area contributed by atoms with Gasteiger partial charge in [-0.2, -0.15) is 5.10 Å². The molecule has 0 spiro atoms. The first kappa shape index (κ1) is 18.9. The van der Waals surface area contributed by atoms with Crippen LogP contribution in [0.1, 0.15) is 43.2 Å². The molecule has 148 valence electrons. The third-order valence-electron chi connectivity index (χ3n) is 5.44. The zero-order valence-corrected chi connectivity index (χ0v) is 16.7. The molecule has 2 aliphatic heterocycles. The van der Waals surface area contributed by atoms with Crippen LogP contribution in [0.2, 0.25) is 0 Å². The zero-order valence-electron chi connectivity index (χ0n) is 16.7. The Morgan fingerprint density at radius 1 is 1.18 bits per heavy atom. The Morgan fingerprint density at radius 3 is 2.54 bits per heavy atom. The van der Waals surface area contributed by atoms with Crippen molar-refractivity contribution < 1.29 is 18.8 Å². The largest absolute Gasteiger partial charge is 0.467 e. The summed E-state index contributed by atoms with van der Waals surface area (Å²) in [6.45, 7) is 8.28. The molecule has 1 saturated heterocycles. The van der Waals surface area contributed by atoms with Gasteiger partial charge in [0, 0.05) is 6.42 Å². The lowest BCUT2D eigenvalue weighted by molar-refractivity contribution is -0.907. The minimum Gasteiger partial charge on any atom is -0.467 e. The van der Waals surface area contributed by atoms with Crippen LogP contribution < -0.4 is 4.90 Å². The molecule has 2 aromatic rings. The third kappa shape index (κ3) is 4.03. The first-order valence-corrected chi connectivity index (χ1v) is 9.98. The van der Waals surface area contributed by atoms with Crippen molar-refractivity contribution in [3.8, 4) is 0 Å². The zero-order chi connectivity index (χ0) is 19.7. The van der Waals surface area contributed by atoms with Crippen molar-refractivity contribution in [1.29, 1.82) is 0 Å². The predicted octanol–water partition coefficient (Wildman–Crippen LogP) is 1.96. The van der Waals surface area contributed by atoms with Crippen LogP contribution in [0, 0.1) is 6.92 Å². The normalized spacial score (nSPS) is 27.7. The van der Waals surface area contributed by atoms with E-state index in [0.29, 0.717) is 13.0 Å². The van der Waals surface area contributed by atoms with E-state index in [1.165, 1.54) is 10.5 Å². The SMILES string of the molecule is Cc1ccc(C2=NN(C(=O)C[NH+]3C[C@@H](C)O[C@H](C)C3)[C@@H](c3ccco3)C2)cc1. The molecule has 3 atom stereocenters. The number of morpholine rings is 1. The molecule has 28 heavy (non-hydrogen) atoms. The summed E-state index contributed by atoms with van der Waals surface area (Å²) in [7, 11) is 0. The number of rotatable bonds is 4. The van der Waals surface area contributed by atoms with Crippen LogP contribution in [-0.4, -0.2) is 48.5 Å². The maximum Gasteiger partial charge on any atom is 0.298 e. The van der Waals surface area contributed by atoms with Crippen molar-refractivity contribution in [2.24, 2.45) is 5.10 Å². The maximum absolute atomic E-state index is 13.2. The fourth-order valence-corrected chi connectivity index (χ4v) is 4.19. The second kappa shape index (κ2) is 7.89. The van der Waals surface area contributed by atoms with Gasteiger partial charge >= 0.3 is 0 Å². The summed E-state index contributed by atoms with van der Waals surface area (Å²) in [5.41, 5.74) is 3.18. The van der Waals surface area contributed by atoms with Crippen molar-refractivity contribution in [3.05, 3.63) is 59.5 Å². The van der Waals surface area contributed by atoms with Crippen molar-refractivity contribution in [2.75, 3.05) is 19.6 Å². The van der Waals surface area contributed by atoms with E-state index in [4.69, 9.17) is 14.3 Å². The molecule has 6 nitrogen and oxygen atoms in total. The summed E-state index contributed by atoms with van der Waals surface area (Å²) in [6.07, 6.45) is 2.64. The Hall–Kier alpha value is -2.44. The highest BCUT2D eigenvalue weighted by atomic mass is 16.5. The molecule has 0 unspecified atom stereocenters. The van der Waals surface area contributed by atoms with Gasteiger partial charge < -0.3 is 14.1 Å². The maximum atomic E-state index is 13.2. The molecule has 1 amide bonds. The highest BCUT2D eigenvalue weighted by Crippen LogP contribution is 2.32. The predicted molar refractivity (Wildman–Crippen MR) is 106 cm³/mol. The number of furan rings is 1. The molecular weight excluding hydrogens is 354 g/mol. The Bertz CT molecular complexity index is 834. The number of nitrogens with one attached hydrogen (secondary N) is 1. The topological polar surface area (TPSA) is 59.5 Å². The van der Waals surface area contributed by atoms with Crippen molar-refractivity contribution in [2.45, 2.75) is 45.4 Å². The van der Waals surface area contributed by atoms with Crippen LogP contribution >= 0.6 is 0 Å². The summed E-state index contributed by atoms with van der Waals surface area (Å²) in [6, 6.07) is 11.9. The standard InChI is InChI=1S/C22H27N3O3/c1-15-6-8-18(9-7-15)19-11-20(21-5-4-10-27-21)25(23-19)22(26)14-24-12-16(2)28-17(3)13-24/h4-10,16-17,20H,11-14H2,1-3H3/p+1/t16-,17-,20-/m1/s1. The number of hydrogen-bond acceptors (Lipinski definition) is 4. The number of nitrogens with zero attached hydrogens (tertiary/aromatic N) is 2. The van der Waals surface area contributed by atoms with Crippen LogP contribution in [-0.2, 0) is 9.53 Å². The molecule has 0 radical (unpaired) electrons. The van der Waals surface area contributed by atoms with Crippen LogP contribution in [0.15, 0.2) is 52.2 Å². The molecule has 4 rings (SSSR count). The second-order valence-electron chi connectivity index (χ2n) is 7.98. The minimum absolute atomic E-state index is 0.0276. The van der Waals surface area contributed by atoms with Crippen molar-refractivity contribution in [1.82, 2.24) is 5.01 Å². The lowest BCUT2D eigenvalue weighted by Gasteiger charge is -2.32. The van der Waals surface area contributed by atoms with Crippen LogP contribution in [0.5, 0.6) is 0 Å². The van der Waals surface area contributed by atoms with Gasteiger partial charge in [0.15, 0.2) is 6.54 Å². The number of carbonyl (C=O) groups excluding carboxylic acids is 1. The fraction of sp³-hybridized carbons (Fsp3) is 0.455. The third-order valence-corrected chi connectivity index (χ3v) is 5.44. The molecule has 0 saturated carbocycles. The fourth-order valence-electron chi connectivity index (χ4n) is 4.19. The molecule has 1 aromatic carbocycles. The first-order chi connectivity index (χ1) is 13.5. The lowest BCUT2D eigenvalue weighted by Crippen LogP contribution is -3.16. The van der Waals surface area contributed by atoms with Gasteiger partial charge in [0.25, 0.3) is 5.91 Å². The average molecular weight is 382 g/mol. The quantitative estimate of drug-likeness (QED) is 0.879. The Morgan fingerprint density at radius 2 is 1.89 bits per heavy atom. The molecule has 1 fully saturated rings. The van der Waals surface area contributed by atoms with E-state index in [9.17, 15) is 4.79 Å². The Balaban J connectivity index is 1.55. The summed E-state index contributed by atoms with van der Waals surface area (Å²) < 4.78 is 11.4. The van der Waals surface area contributed by atoms with Gasteiger partial charge in [-0.1, -0.05) is 29.8 Å². The second-order valence-corrected chi connectivity index (χ2v) is 7.98. The first-order valence-electron chi connectivity index (χ1n) is 9.98. The van der Waals surface area contributed by atoms with Gasteiger partial charge in [-0.25, -0.2) is 5.01 Å². The highest BCUT2D eigenvalue weighted by Gasteiger charge is 2.37. The monoisotopic (exact) mass is 382 g/mol. The van der Waals surface area contributed by atoms with Gasteiger partial charge in [0.1, 0.15) is 37.1 Å². The van der Waals surface area contributed by atoms with Crippen molar-refractivity contribution >= 4 is 11.6 Å². The minimum atomic E-state index is -0.186. The van der Waals surface area contributed by atoms with Gasteiger partial charge in [0.05, 0.1) is 12.0 Å². The van der Waals surface area contributed by atoms with E-state index in [1.54, 1.807) is 11.3 Å². The van der Waals surface area contributed by atoms with E-state index < -0.39 is 0 Å². The molecule has 2 aliphatic rings. The van der Waals surface area contributed by atoms with Gasteiger partial charge in [-0.3, -0.25) is 4.79 Å². The Kier molecular flexibility index (Phi) is 5.33. The van der Waals surface area contributed by atoms with Gasteiger partial charge in [0.2, 0.25) is 0 Å². The average Bonchev–Trinajstić information content (AvgIpc) is 3.31. The molecule has 6 heteroatoms. The van der Waals surface area contributed by atoms with Crippen LogP contribution in [0.25, 0.3) is 0 Å². The summed E-state index contributed by atoms with van der Waals surface area (Å²) in [5.74, 6) is 0.803. The smallest absolute Gasteiger partial charge is 0.298 e. The van der Waals surface area contributed by atoms with E-state index in [1.807, 2.05) is 12.1 Å². The van der Waals surface area contributed by atoms with E-state index >= 15 is 0 Å². The number of amides is 1. The molecule has 1 N–H and O–H groups in total. The number of benzene rings is 1. The molecule has 1 aromatic heterocycles. The molecule has 0 aliphatic carbocycles. The number of hydrogen-bond donors (Lipinski definition) is 1. The van der Waals surface area contributed by atoms with E-state index in [0.717, 1.165) is 30.1 Å². The molecular formula is C22H28N3O3+. The number of aryl methyl sites for hydroxylation is 1. The van der Waals surface area contributed by atoms with Crippen molar-refractivity contribution in [3.63, 3.8) is 0 Å². The number of hydrazone groups is 1. The lowest BCUT2D eigenvalue weighted by atomic mass is 10.0. The molecule has 3 heterocycles.